The average Bonchev–Trinajstić information content (AvgIpc) is 2.90. The molecular formula is C15H18N2O2. The van der Waals surface area contributed by atoms with Gasteiger partial charge in [0.25, 0.3) is 0 Å². The van der Waals surface area contributed by atoms with E-state index in [9.17, 15) is 4.79 Å². The molecule has 1 amide bonds. The van der Waals surface area contributed by atoms with Crippen molar-refractivity contribution in [3.8, 4) is 0 Å². The maximum absolute atomic E-state index is 11.7. The molecule has 4 heteroatoms. The Morgan fingerprint density at radius 2 is 2.26 bits per heavy atom. The zero-order chi connectivity index (χ0) is 13.5. The van der Waals surface area contributed by atoms with Gasteiger partial charge < -0.3 is 9.73 Å². The summed E-state index contributed by atoms with van der Waals surface area (Å²) in [6.07, 6.45) is 4.99. The van der Waals surface area contributed by atoms with Crippen LogP contribution in [0.5, 0.6) is 0 Å². The molecule has 0 bridgehead atoms. The van der Waals surface area contributed by atoms with Gasteiger partial charge in [-0.2, -0.15) is 0 Å². The highest BCUT2D eigenvalue weighted by atomic mass is 16.3. The van der Waals surface area contributed by atoms with Crippen molar-refractivity contribution in [2.45, 2.75) is 26.2 Å². The number of benzene rings is 1. The minimum absolute atomic E-state index is 0.0741. The molecule has 100 valence electrons. The molecule has 1 aromatic carbocycles. The zero-order valence-electron chi connectivity index (χ0n) is 11.1. The van der Waals surface area contributed by atoms with Crippen molar-refractivity contribution in [3.05, 3.63) is 53.7 Å². The van der Waals surface area contributed by atoms with Gasteiger partial charge in [0, 0.05) is 19.4 Å². The summed E-state index contributed by atoms with van der Waals surface area (Å²) in [5.41, 5.74) is 3.29. The van der Waals surface area contributed by atoms with Crippen LogP contribution in [0.15, 0.2) is 41.3 Å². The fourth-order valence-electron chi connectivity index (χ4n) is 1.90. The molecule has 4 nitrogen and oxygen atoms in total. The van der Waals surface area contributed by atoms with E-state index in [-0.39, 0.29) is 5.91 Å². The van der Waals surface area contributed by atoms with E-state index in [0.29, 0.717) is 19.4 Å². The minimum Gasteiger partial charge on any atom is -0.451 e. The zero-order valence-corrected chi connectivity index (χ0v) is 11.1. The molecule has 0 saturated heterocycles. The van der Waals surface area contributed by atoms with Gasteiger partial charge in [-0.05, 0) is 18.9 Å². The Bertz CT molecular complexity index is 521. The van der Waals surface area contributed by atoms with Crippen LogP contribution in [0.3, 0.4) is 0 Å². The first-order chi connectivity index (χ1) is 9.24. The maximum atomic E-state index is 11.7. The van der Waals surface area contributed by atoms with E-state index in [1.807, 2.05) is 6.07 Å². The summed E-state index contributed by atoms with van der Waals surface area (Å²) in [5.74, 6) is 0.0741. The molecule has 0 aliphatic rings. The van der Waals surface area contributed by atoms with Gasteiger partial charge in [-0.25, -0.2) is 4.98 Å². The number of carbonyl (C=O) groups is 1. The van der Waals surface area contributed by atoms with Crippen molar-refractivity contribution >= 4 is 5.91 Å². The molecule has 19 heavy (non-hydrogen) atoms. The lowest BCUT2D eigenvalue weighted by Crippen LogP contribution is -2.25. The number of rotatable bonds is 6. The van der Waals surface area contributed by atoms with E-state index in [0.717, 1.165) is 12.1 Å². The molecule has 0 radical (unpaired) electrons. The molecule has 1 heterocycles. The lowest BCUT2D eigenvalue weighted by Gasteiger charge is -2.04. The summed E-state index contributed by atoms with van der Waals surface area (Å²) in [6, 6.07) is 8.24. The molecule has 2 aromatic rings. The summed E-state index contributed by atoms with van der Waals surface area (Å²) < 4.78 is 4.86. The number of aromatic nitrogens is 1. The van der Waals surface area contributed by atoms with Crippen molar-refractivity contribution in [2.24, 2.45) is 0 Å². The summed E-state index contributed by atoms with van der Waals surface area (Å²) in [4.78, 5) is 15.7. The highest BCUT2D eigenvalue weighted by Gasteiger charge is 2.03. The van der Waals surface area contributed by atoms with Gasteiger partial charge in [-0.3, -0.25) is 4.79 Å². The summed E-state index contributed by atoms with van der Waals surface area (Å²) >= 11 is 0. The van der Waals surface area contributed by atoms with Crippen molar-refractivity contribution in [2.75, 3.05) is 6.54 Å². The molecule has 0 atom stereocenters. The number of nitrogens with zero attached hydrogens (tertiary/aromatic N) is 1. The highest BCUT2D eigenvalue weighted by molar-refractivity contribution is 5.76. The van der Waals surface area contributed by atoms with Crippen molar-refractivity contribution in [1.82, 2.24) is 10.3 Å². The molecule has 2 rings (SSSR count). The fourth-order valence-corrected chi connectivity index (χ4v) is 1.90. The molecule has 0 saturated carbocycles. The predicted molar refractivity (Wildman–Crippen MR) is 72.7 cm³/mol. The number of aryl methyl sites for hydroxylation is 2. The van der Waals surface area contributed by atoms with Crippen LogP contribution >= 0.6 is 0 Å². The first-order valence-corrected chi connectivity index (χ1v) is 6.43. The normalized spacial score (nSPS) is 10.4. The number of oxazole rings is 1. The van der Waals surface area contributed by atoms with Crippen LogP contribution in [-0.4, -0.2) is 17.4 Å². The SMILES string of the molecule is Cc1cccc(CCC(=O)NCCc2cocn2)c1. The van der Waals surface area contributed by atoms with Crippen LogP contribution in [0, 0.1) is 6.92 Å². The third-order valence-corrected chi connectivity index (χ3v) is 2.91. The molecular weight excluding hydrogens is 240 g/mol. The van der Waals surface area contributed by atoms with Gasteiger partial charge in [0.2, 0.25) is 5.91 Å². The molecule has 1 N–H and O–H groups in total. The third kappa shape index (κ3) is 4.58. The average molecular weight is 258 g/mol. The fraction of sp³-hybridized carbons (Fsp3) is 0.333. The van der Waals surface area contributed by atoms with Gasteiger partial charge in [0.05, 0.1) is 5.69 Å². The van der Waals surface area contributed by atoms with Gasteiger partial charge in [-0.15, -0.1) is 0 Å². The van der Waals surface area contributed by atoms with Crippen molar-refractivity contribution in [3.63, 3.8) is 0 Å². The molecule has 0 unspecified atom stereocenters. The Kier molecular flexibility index (Phi) is 4.72. The van der Waals surface area contributed by atoms with Crippen LogP contribution in [-0.2, 0) is 17.6 Å². The van der Waals surface area contributed by atoms with Crippen LogP contribution in [0.2, 0.25) is 0 Å². The van der Waals surface area contributed by atoms with Crippen LogP contribution < -0.4 is 5.32 Å². The first-order valence-electron chi connectivity index (χ1n) is 6.43. The smallest absolute Gasteiger partial charge is 0.220 e. The molecule has 0 aliphatic heterocycles. The van der Waals surface area contributed by atoms with E-state index in [1.54, 1.807) is 6.26 Å². The monoisotopic (exact) mass is 258 g/mol. The highest BCUT2D eigenvalue weighted by Crippen LogP contribution is 2.06. The van der Waals surface area contributed by atoms with Crippen molar-refractivity contribution < 1.29 is 9.21 Å². The summed E-state index contributed by atoms with van der Waals surface area (Å²) in [5, 5.41) is 2.89. The van der Waals surface area contributed by atoms with Gasteiger partial charge in [-0.1, -0.05) is 29.8 Å². The van der Waals surface area contributed by atoms with E-state index in [1.165, 1.54) is 17.5 Å². The molecule has 0 spiro atoms. The molecule has 0 aliphatic carbocycles. The Labute approximate surface area is 112 Å². The molecule has 0 fully saturated rings. The second-order valence-corrected chi connectivity index (χ2v) is 4.57. The van der Waals surface area contributed by atoms with Crippen LogP contribution in [0.1, 0.15) is 23.2 Å². The topological polar surface area (TPSA) is 55.1 Å². The number of nitrogens with one attached hydrogen (secondary N) is 1. The minimum atomic E-state index is 0.0741. The van der Waals surface area contributed by atoms with Gasteiger partial charge in [0.15, 0.2) is 6.39 Å². The van der Waals surface area contributed by atoms with E-state index in [2.05, 4.69) is 35.4 Å². The number of amides is 1. The van der Waals surface area contributed by atoms with E-state index < -0.39 is 0 Å². The largest absolute Gasteiger partial charge is 0.451 e. The summed E-state index contributed by atoms with van der Waals surface area (Å²) in [6.45, 7) is 2.65. The predicted octanol–water partition coefficient (Wildman–Crippen LogP) is 2.27. The number of hydrogen-bond donors (Lipinski definition) is 1. The maximum Gasteiger partial charge on any atom is 0.220 e. The standard InChI is InChI=1S/C15H18N2O2/c1-12-3-2-4-13(9-12)5-6-15(18)16-8-7-14-10-19-11-17-14/h2-4,9-11H,5-8H2,1H3,(H,16,18). The lowest BCUT2D eigenvalue weighted by atomic mass is 10.1. The van der Waals surface area contributed by atoms with Gasteiger partial charge >= 0.3 is 0 Å². The summed E-state index contributed by atoms with van der Waals surface area (Å²) in [7, 11) is 0. The third-order valence-electron chi connectivity index (χ3n) is 2.91. The van der Waals surface area contributed by atoms with Crippen LogP contribution in [0.4, 0.5) is 0 Å². The second kappa shape index (κ2) is 6.73. The number of carbonyl (C=O) groups excluding carboxylic acids is 1. The Hall–Kier alpha value is -2.10. The first kappa shape index (κ1) is 13.3. The Morgan fingerprint density at radius 3 is 3.00 bits per heavy atom. The lowest BCUT2D eigenvalue weighted by molar-refractivity contribution is -0.121. The Morgan fingerprint density at radius 1 is 1.37 bits per heavy atom. The Balaban J connectivity index is 1.67. The van der Waals surface area contributed by atoms with Crippen molar-refractivity contribution in [1.29, 1.82) is 0 Å². The van der Waals surface area contributed by atoms with Gasteiger partial charge in [0.1, 0.15) is 6.26 Å². The van der Waals surface area contributed by atoms with Crippen LogP contribution in [0.25, 0.3) is 0 Å². The van der Waals surface area contributed by atoms with E-state index >= 15 is 0 Å². The van der Waals surface area contributed by atoms with E-state index in [4.69, 9.17) is 4.42 Å². The number of hydrogen-bond acceptors (Lipinski definition) is 3. The quantitative estimate of drug-likeness (QED) is 0.864. The second-order valence-electron chi connectivity index (χ2n) is 4.57. The molecule has 1 aromatic heterocycles.